The minimum Gasteiger partial charge on any atom is -0.504 e. The zero-order chi connectivity index (χ0) is 11.0. The largest absolute Gasteiger partial charge is 0.504 e. The molecule has 15 heavy (non-hydrogen) atoms. The van der Waals surface area contributed by atoms with Gasteiger partial charge in [-0.25, -0.2) is 0 Å². The van der Waals surface area contributed by atoms with Gasteiger partial charge in [-0.05, 0) is 12.1 Å². The monoisotopic (exact) mass is 205 g/mol. The molecule has 1 aromatic carbocycles. The van der Waals surface area contributed by atoms with E-state index >= 15 is 0 Å². The summed E-state index contributed by atoms with van der Waals surface area (Å²) in [6.45, 7) is 0. The van der Waals surface area contributed by atoms with Crippen LogP contribution in [-0.2, 0) is 7.05 Å². The number of phenolic OH excluding ortho intramolecular Hbond substituents is 1. The van der Waals surface area contributed by atoms with E-state index in [9.17, 15) is 9.90 Å². The first-order valence-corrected chi connectivity index (χ1v) is 4.50. The Balaban J connectivity index is 3.03. The Morgan fingerprint density at radius 2 is 2.07 bits per heavy atom. The smallest absolute Gasteiger partial charge is 0.189 e. The van der Waals surface area contributed by atoms with E-state index in [1.54, 1.807) is 23.9 Å². The van der Waals surface area contributed by atoms with Gasteiger partial charge in [0.1, 0.15) is 0 Å². The van der Waals surface area contributed by atoms with Crippen molar-refractivity contribution in [3.8, 4) is 11.5 Å². The van der Waals surface area contributed by atoms with Crippen molar-refractivity contribution in [1.82, 2.24) is 4.57 Å². The molecule has 0 saturated heterocycles. The molecule has 4 heteroatoms. The SMILES string of the molecule is COc1c(O)ccc2c(=O)ccn(C)c12. The number of aryl methyl sites for hydroxylation is 1. The van der Waals surface area contributed by atoms with Gasteiger partial charge in [-0.2, -0.15) is 0 Å². The lowest BCUT2D eigenvalue weighted by molar-refractivity contribution is 0.376. The highest BCUT2D eigenvalue weighted by Gasteiger charge is 2.10. The number of nitrogens with zero attached hydrogens (tertiary/aromatic N) is 1. The molecule has 0 aliphatic heterocycles. The van der Waals surface area contributed by atoms with Gasteiger partial charge < -0.3 is 14.4 Å². The van der Waals surface area contributed by atoms with Gasteiger partial charge in [-0.3, -0.25) is 4.79 Å². The summed E-state index contributed by atoms with van der Waals surface area (Å²) in [6, 6.07) is 4.54. The van der Waals surface area contributed by atoms with Crippen LogP contribution in [0.5, 0.6) is 11.5 Å². The molecule has 2 rings (SSSR count). The Morgan fingerprint density at radius 3 is 2.73 bits per heavy atom. The molecule has 0 amide bonds. The highest BCUT2D eigenvalue weighted by Crippen LogP contribution is 2.32. The van der Waals surface area contributed by atoms with Gasteiger partial charge in [0.05, 0.1) is 12.6 Å². The van der Waals surface area contributed by atoms with Gasteiger partial charge >= 0.3 is 0 Å². The Bertz CT molecular complexity index is 572. The van der Waals surface area contributed by atoms with Crippen molar-refractivity contribution < 1.29 is 9.84 Å². The third kappa shape index (κ3) is 1.34. The van der Waals surface area contributed by atoms with Crippen molar-refractivity contribution in [2.45, 2.75) is 0 Å². The fourth-order valence-electron chi connectivity index (χ4n) is 1.65. The maximum Gasteiger partial charge on any atom is 0.189 e. The van der Waals surface area contributed by atoms with E-state index < -0.39 is 0 Å². The Morgan fingerprint density at radius 1 is 1.33 bits per heavy atom. The van der Waals surface area contributed by atoms with Crippen LogP contribution in [0.3, 0.4) is 0 Å². The predicted molar refractivity (Wildman–Crippen MR) is 57.4 cm³/mol. The second kappa shape index (κ2) is 3.31. The summed E-state index contributed by atoms with van der Waals surface area (Å²) in [7, 11) is 3.26. The molecule has 0 spiro atoms. The fraction of sp³-hybridized carbons (Fsp3) is 0.182. The van der Waals surface area contributed by atoms with Crippen molar-refractivity contribution in [3.63, 3.8) is 0 Å². The predicted octanol–water partition coefficient (Wildman–Crippen LogP) is 1.25. The third-order valence-corrected chi connectivity index (χ3v) is 2.38. The first kappa shape index (κ1) is 9.58. The van der Waals surface area contributed by atoms with Crippen molar-refractivity contribution in [2.24, 2.45) is 7.05 Å². The molecule has 0 saturated carbocycles. The maximum absolute atomic E-state index is 11.6. The second-order valence-electron chi connectivity index (χ2n) is 3.30. The first-order chi connectivity index (χ1) is 7.15. The molecule has 0 atom stereocenters. The zero-order valence-electron chi connectivity index (χ0n) is 8.52. The highest BCUT2D eigenvalue weighted by molar-refractivity contribution is 5.87. The van der Waals surface area contributed by atoms with Crippen LogP contribution in [0.2, 0.25) is 0 Å². The van der Waals surface area contributed by atoms with Crippen molar-refractivity contribution in [3.05, 3.63) is 34.6 Å². The number of benzene rings is 1. The minimum atomic E-state index is -0.0820. The second-order valence-corrected chi connectivity index (χ2v) is 3.30. The topological polar surface area (TPSA) is 51.5 Å². The number of rotatable bonds is 1. The van der Waals surface area contributed by atoms with E-state index in [1.807, 2.05) is 0 Å². The summed E-state index contributed by atoms with van der Waals surface area (Å²) < 4.78 is 6.83. The number of fused-ring (bicyclic) bond motifs is 1. The molecular weight excluding hydrogens is 194 g/mol. The molecule has 1 aromatic heterocycles. The van der Waals surface area contributed by atoms with Crippen LogP contribution >= 0.6 is 0 Å². The number of hydrogen-bond acceptors (Lipinski definition) is 3. The summed E-state index contributed by atoms with van der Waals surface area (Å²) in [6.07, 6.45) is 1.65. The Kier molecular flexibility index (Phi) is 2.11. The molecular formula is C11H11NO3. The number of phenols is 1. The van der Waals surface area contributed by atoms with Gasteiger partial charge in [0.2, 0.25) is 0 Å². The minimum absolute atomic E-state index is 0.0335. The van der Waals surface area contributed by atoms with Gasteiger partial charge in [-0.1, -0.05) is 0 Å². The van der Waals surface area contributed by atoms with Gasteiger partial charge in [0, 0.05) is 24.7 Å². The average Bonchev–Trinajstić information content (AvgIpc) is 2.23. The van der Waals surface area contributed by atoms with Crippen LogP contribution in [0, 0.1) is 0 Å². The summed E-state index contributed by atoms with van der Waals surface area (Å²) in [5.41, 5.74) is 0.520. The summed E-state index contributed by atoms with van der Waals surface area (Å²) in [4.78, 5) is 11.6. The third-order valence-electron chi connectivity index (χ3n) is 2.38. The number of pyridine rings is 1. The summed E-state index contributed by atoms with van der Waals surface area (Å²) in [5, 5.41) is 10.1. The van der Waals surface area contributed by atoms with Crippen molar-refractivity contribution >= 4 is 10.9 Å². The number of methoxy groups -OCH3 is 1. The van der Waals surface area contributed by atoms with Crippen LogP contribution in [0.15, 0.2) is 29.2 Å². The van der Waals surface area contributed by atoms with Gasteiger partial charge in [0.15, 0.2) is 16.9 Å². The zero-order valence-corrected chi connectivity index (χ0v) is 8.52. The van der Waals surface area contributed by atoms with Crippen molar-refractivity contribution in [1.29, 1.82) is 0 Å². The average molecular weight is 205 g/mol. The number of aromatic nitrogens is 1. The molecule has 4 nitrogen and oxygen atoms in total. The molecule has 0 unspecified atom stereocenters. The molecule has 0 fully saturated rings. The lowest BCUT2D eigenvalue weighted by Gasteiger charge is -2.10. The molecule has 2 aromatic rings. The van der Waals surface area contributed by atoms with E-state index in [-0.39, 0.29) is 11.2 Å². The van der Waals surface area contributed by atoms with Crippen LogP contribution in [0.1, 0.15) is 0 Å². The number of ether oxygens (including phenoxy) is 1. The quantitative estimate of drug-likeness (QED) is 0.762. The molecule has 0 aliphatic carbocycles. The number of aromatic hydroxyl groups is 1. The van der Waals surface area contributed by atoms with Crippen LogP contribution in [0.4, 0.5) is 0 Å². The van der Waals surface area contributed by atoms with E-state index in [1.165, 1.54) is 19.2 Å². The molecule has 1 heterocycles. The molecule has 0 radical (unpaired) electrons. The Hall–Kier alpha value is -1.97. The Labute approximate surface area is 86.3 Å². The fourth-order valence-corrected chi connectivity index (χ4v) is 1.65. The molecule has 0 bridgehead atoms. The standard InChI is InChI=1S/C11H11NO3/c1-12-6-5-8(13)7-3-4-9(14)11(15-2)10(7)12/h3-6,14H,1-2H3. The lowest BCUT2D eigenvalue weighted by atomic mass is 10.2. The van der Waals surface area contributed by atoms with Gasteiger partial charge in [0.25, 0.3) is 0 Å². The van der Waals surface area contributed by atoms with Crippen LogP contribution < -0.4 is 10.2 Å². The molecule has 1 N–H and O–H groups in total. The van der Waals surface area contributed by atoms with E-state index in [0.29, 0.717) is 16.7 Å². The van der Waals surface area contributed by atoms with Crippen LogP contribution in [-0.4, -0.2) is 16.8 Å². The van der Waals surface area contributed by atoms with E-state index in [0.717, 1.165) is 0 Å². The van der Waals surface area contributed by atoms with Crippen LogP contribution in [0.25, 0.3) is 10.9 Å². The van der Waals surface area contributed by atoms with Crippen molar-refractivity contribution in [2.75, 3.05) is 7.11 Å². The molecule has 0 aliphatic rings. The maximum atomic E-state index is 11.6. The normalized spacial score (nSPS) is 10.5. The number of hydrogen-bond donors (Lipinski definition) is 1. The summed E-state index contributed by atoms with van der Waals surface area (Å²) >= 11 is 0. The molecule has 78 valence electrons. The first-order valence-electron chi connectivity index (χ1n) is 4.50. The van der Waals surface area contributed by atoms with E-state index in [2.05, 4.69) is 0 Å². The van der Waals surface area contributed by atoms with E-state index in [4.69, 9.17) is 4.74 Å². The highest BCUT2D eigenvalue weighted by atomic mass is 16.5. The lowest BCUT2D eigenvalue weighted by Crippen LogP contribution is -2.06. The summed E-state index contributed by atoms with van der Waals surface area (Å²) in [5.74, 6) is 0.360. The van der Waals surface area contributed by atoms with Gasteiger partial charge in [-0.15, -0.1) is 0 Å².